The Morgan fingerprint density at radius 2 is 1.47 bits per heavy atom. The van der Waals surface area contributed by atoms with Crippen LogP contribution in [0, 0.1) is 29.1 Å². The van der Waals surface area contributed by atoms with Gasteiger partial charge in [0.05, 0.1) is 0 Å². The SMILES string of the molecule is CCC(C1(N)CC1)C12CC3CC(CC(C3)C1)C2. The van der Waals surface area contributed by atoms with E-state index in [1.165, 1.54) is 38.5 Å². The summed E-state index contributed by atoms with van der Waals surface area (Å²) in [5, 5.41) is 0. The molecular weight excluding hydrogens is 206 g/mol. The Hall–Kier alpha value is -0.0400. The van der Waals surface area contributed by atoms with Crippen LogP contribution < -0.4 is 5.73 Å². The van der Waals surface area contributed by atoms with Crippen molar-refractivity contribution in [3.63, 3.8) is 0 Å². The maximum Gasteiger partial charge on any atom is 0.0189 e. The fraction of sp³-hybridized carbons (Fsp3) is 1.00. The number of hydrogen-bond acceptors (Lipinski definition) is 1. The van der Waals surface area contributed by atoms with Crippen molar-refractivity contribution in [2.45, 2.75) is 70.3 Å². The Morgan fingerprint density at radius 1 is 1.00 bits per heavy atom. The standard InChI is InChI=1S/C16H27N/c1-2-14(16(17)3-4-16)15-8-11-5-12(9-15)7-13(6-11)10-15/h11-14H,2-10,17H2,1H3. The van der Waals surface area contributed by atoms with Gasteiger partial charge in [0.15, 0.2) is 0 Å². The molecule has 5 rings (SSSR count). The van der Waals surface area contributed by atoms with Crippen LogP contribution in [0.25, 0.3) is 0 Å². The molecule has 0 amide bonds. The topological polar surface area (TPSA) is 26.0 Å². The highest BCUT2D eigenvalue weighted by molar-refractivity contribution is 5.13. The van der Waals surface area contributed by atoms with Crippen LogP contribution in [0.15, 0.2) is 0 Å². The predicted octanol–water partition coefficient (Wildman–Crippen LogP) is 3.72. The molecule has 2 N–H and O–H groups in total. The highest BCUT2D eigenvalue weighted by Gasteiger charge is 2.60. The van der Waals surface area contributed by atoms with Crippen molar-refractivity contribution in [1.82, 2.24) is 0 Å². The summed E-state index contributed by atoms with van der Waals surface area (Å²) in [6.07, 6.45) is 13.3. The molecule has 5 fully saturated rings. The zero-order valence-electron chi connectivity index (χ0n) is 11.3. The summed E-state index contributed by atoms with van der Waals surface area (Å²) in [6.45, 7) is 2.40. The fourth-order valence-corrected chi connectivity index (χ4v) is 6.55. The summed E-state index contributed by atoms with van der Waals surface area (Å²) in [7, 11) is 0. The number of rotatable bonds is 3. The number of hydrogen-bond donors (Lipinski definition) is 1. The highest BCUT2D eigenvalue weighted by atomic mass is 14.9. The molecule has 5 aliphatic rings. The van der Waals surface area contributed by atoms with Crippen LogP contribution in [-0.2, 0) is 0 Å². The average molecular weight is 233 g/mol. The molecule has 0 radical (unpaired) electrons. The van der Waals surface area contributed by atoms with E-state index in [0.29, 0.717) is 5.41 Å². The van der Waals surface area contributed by atoms with Crippen molar-refractivity contribution in [1.29, 1.82) is 0 Å². The van der Waals surface area contributed by atoms with Crippen molar-refractivity contribution in [2.75, 3.05) is 0 Å². The lowest BCUT2D eigenvalue weighted by Gasteiger charge is -2.60. The molecule has 5 saturated carbocycles. The molecular formula is C16H27N. The normalized spacial score (nSPS) is 51.5. The number of nitrogens with two attached hydrogens (primary N) is 1. The highest BCUT2D eigenvalue weighted by Crippen LogP contribution is 2.66. The van der Waals surface area contributed by atoms with E-state index in [4.69, 9.17) is 5.73 Å². The van der Waals surface area contributed by atoms with Crippen LogP contribution in [0.1, 0.15) is 64.7 Å². The molecule has 0 saturated heterocycles. The van der Waals surface area contributed by atoms with Gasteiger partial charge in [0.25, 0.3) is 0 Å². The Bertz CT molecular complexity index is 293. The Kier molecular flexibility index (Phi) is 2.10. The largest absolute Gasteiger partial charge is 0.325 e. The second-order valence-electron chi connectivity index (χ2n) is 7.97. The van der Waals surface area contributed by atoms with Gasteiger partial charge in [-0.05, 0) is 80.5 Å². The summed E-state index contributed by atoms with van der Waals surface area (Å²) in [5.74, 6) is 4.09. The molecule has 1 heteroatoms. The summed E-state index contributed by atoms with van der Waals surface area (Å²) < 4.78 is 0. The van der Waals surface area contributed by atoms with E-state index in [0.717, 1.165) is 23.7 Å². The van der Waals surface area contributed by atoms with Crippen molar-refractivity contribution >= 4 is 0 Å². The molecule has 0 aromatic rings. The molecule has 1 unspecified atom stereocenters. The first-order chi connectivity index (χ1) is 8.13. The first-order valence-corrected chi connectivity index (χ1v) is 7.92. The van der Waals surface area contributed by atoms with Crippen molar-refractivity contribution < 1.29 is 0 Å². The Labute approximate surface area is 106 Å². The molecule has 4 bridgehead atoms. The van der Waals surface area contributed by atoms with Crippen molar-refractivity contribution in [2.24, 2.45) is 34.8 Å². The van der Waals surface area contributed by atoms with E-state index >= 15 is 0 Å². The molecule has 0 heterocycles. The van der Waals surface area contributed by atoms with Gasteiger partial charge < -0.3 is 5.73 Å². The Morgan fingerprint density at radius 3 is 1.82 bits per heavy atom. The summed E-state index contributed by atoms with van der Waals surface area (Å²) in [6, 6.07) is 0. The van der Waals surface area contributed by atoms with Gasteiger partial charge in [-0.1, -0.05) is 13.3 Å². The molecule has 0 spiro atoms. The minimum Gasteiger partial charge on any atom is -0.325 e. The van der Waals surface area contributed by atoms with Gasteiger partial charge in [0.2, 0.25) is 0 Å². The summed E-state index contributed by atoms with van der Waals surface area (Å²) in [5.41, 5.74) is 7.58. The van der Waals surface area contributed by atoms with Gasteiger partial charge in [-0.3, -0.25) is 0 Å². The van der Waals surface area contributed by atoms with Crippen molar-refractivity contribution in [3.8, 4) is 0 Å². The van der Waals surface area contributed by atoms with Crippen molar-refractivity contribution in [3.05, 3.63) is 0 Å². The third-order valence-electron chi connectivity index (χ3n) is 6.75. The molecule has 1 nitrogen and oxygen atoms in total. The lowest BCUT2D eigenvalue weighted by Crippen LogP contribution is -2.54. The van der Waals surface area contributed by atoms with E-state index in [1.54, 1.807) is 19.3 Å². The third-order valence-corrected chi connectivity index (χ3v) is 6.75. The first-order valence-electron chi connectivity index (χ1n) is 7.92. The third kappa shape index (κ3) is 1.47. The van der Waals surface area contributed by atoms with Gasteiger partial charge in [-0.25, -0.2) is 0 Å². The maximum atomic E-state index is 6.62. The van der Waals surface area contributed by atoms with E-state index in [9.17, 15) is 0 Å². The lowest BCUT2D eigenvalue weighted by molar-refractivity contribution is -0.0964. The summed E-state index contributed by atoms with van der Waals surface area (Å²) >= 11 is 0. The summed E-state index contributed by atoms with van der Waals surface area (Å²) in [4.78, 5) is 0. The van der Waals surface area contributed by atoms with Crippen LogP contribution in [0.3, 0.4) is 0 Å². The minimum absolute atomic E-state index is 0.264. The molecule has 17 heavy (non-hydrogen) atoms. The molecule has 0 aromatic carbocycles. The Balaban J connectivity index is 1.67. The molecule has 5 aliphatic carbocycles. The van der Waals surface area contributed by atoms with E-state index in [-0.39, 0.29) is 5.54 Å². The second-order valence-corrected chi connectivity index (χ2v) is 7.97. The molecule has 1 atom stereocenters. The van der Waals surface area contributed by atoms with Crippen LogP contribution in [0.4, 0.5) is 0 Å². The van der Waals surface area contributed by atoms with E-state index in [1.807, 2.05) is 0 Å². The lowest BCUT2D eigenvalue weighted by atomic mass is 9.45. The van der Waals surface area contributed by atoms with Gasteiger partial charge in [0.1, 0.15) is 0 Å². The van der Waals surface area contributed by atoms with Crippen LogP contribution in [0.5, 0.6) is 0 Å². The molecule has 0 aromatic heterocycles. The van der Waals surface area contributed by atoms with E-state index in [2.05, 4.69) is 6.92 Å². The van der Waals surface area contributed by atoms with Crippen LogP contribution in [0.2, 0.25) is 0 Å². The maximum absolute atomic E-state index is 6.62. The van der Waals surface area contributed by atoms with Gasteiger partial charge in [-0.15, -0.1) is 0 Å². The zero-order valence-corrected chi connectivity index (χ0v) is 11.3. The average Bonchev–Trinajstić information content (AvgIpc) is 2.95. The van der Waals surface area contributed by atoms with Crippen LogP contribution >= 0.6 is 0 Å². The van der Waals surface area contributed by atoms with E-state index < -0.39 is 0 Å². The quantitative estimate of drug-likeness (QED) is 0.790. The minimum atomic E-state index is 0.264. The molecule has 96 valence electrons. The van der Waals surface area contributed by atoms with Gasteiger partial charge >= 0.3 is 0 Å². The van der Waals surface area contributed by atoms with Gasteiger partial charge in [-0.2, -0.15) is 0 Å². The van der Waals surface area contributed by atoms with Gasteiger partial charge in [0, 0.05) is 5.54 Å². The first kappa shape index (κ1) is 10.8. The fourth-order valence-electron chi connectivity index (χ4n) is 6.55. The zero-order chi connectivity index (χ0) is 11.7. The predicted molar refractivity (Wildman–Crippen MR) is 70.5 cm³/mol. The molecule has 0 aliphatic heterocycles. The second kappa shape index (κ2) is 3.29. The monoisotopic (exact) mass is 233 g/mol. The van der Waals surface area contributed by atoms with Crippen LogP contribution in [-0.4, -0.2) is 5.54 Å². The smallest absolute Gasteiger partial charge is 0.0189 e.